The van der Waals surface area contributed by atoms with Crippen molar-refractivity contribution in [1.29, 1.82) is 0 Å². The Morgan fingerprint density at radius 2 is 1.30 bits per heavy atom. The Bertz CT molecular complexity index is 1710. The first kappa shape index (κ1) is 33.7. The average molecular weight is 633 g/mol. The minimum absolute atomic E-state index is 0.0760. The Morgan fingerprint density at radius 1 is 0.761 bits per heavy atom. The zero-order chi connectivity index (χ0) is 33.4. The molecule has 3 amide bonds. The van der Waals surface area contributed by atoms with Crippen LogP contribution in [0.25, 0.3) is 21.8 Å². The molecule has 13 heteroatoms. The van der Waals surface area contributed by atoms with E-state index in [1.807, 2.05) is 55.5 Å². The number of aromatic nitrogens is 2. The summed E-state index contributed by atoms with van der Waals surface area (Å²) >= 11 is 0. The molecule has 2 heterocycles. The van der Waals surface area contributed by atoms with E-state index in [-0.39, 0.29) is 19.3 Å². The molecule has 4 aromatic rings. The molecule has 4 rings (SSSR count). The number of hydrogen-bond donors (Lipinski definition) is 8. The lowest BCUT2D eigenvalue weighted by Gasteiger charge is -2.28. The van der Waals surface area contributed by atoms with Crippen molar-refractivity contribution in [2.45, 2.75) is 70.1 Å². The van der Waals surface area contributed by atoms with E-state index in [0.29, 0.717) is 6.42 Å². The summed E-state index contributed by atoms with van der Waals surface area (Å²) in [4.78, 5) is 69.7. The number of carbonyl (C=O) groups excluding carboxylic acids is 3. The molecule has 0 bridgehead atoms. The Morgan fingerprint density at radius 3 is 1.85 bits per heavy atom. The second kappa shape index (κ2) is 15.2. The van der Waals surface area contributed by atoms with Crippen molar-refractivity contribution in [3.05, 3.63) is 72.1 Å². The number of fused-ring (bicyclic) bond motifs is 2. The summed E-state index contributed by atoms with van der Waals surface area (Å²) in [6.07, 6.45) is 3.50. The van der Waals surface area contributed by atoms with E-state index in [1.54, 1.807) is 19.3 Å². The molecular weight excluding hydrogens is 592 g/mol. The van der Waals surface area contributed by atoms with Gasteiger partial charge in [0.25, 0.3) is 0 Å². The summed E-state index contributed by atoms with van der Waals surface area (Å²) < 4.78 is 0. The number of H-pyrrole nitrogens is 2. The Kier molecular flexibility index (Phi) is 11.2. The minimum Gasteiger partial charge on any atom is -0.481 e. The number of carboxylic acid groups (broad SMARTS) is 2. The summed E-state index contributed by atoms with van der Waals surface area (Å²) in [5.74, 6) is -5.01. The minimum atomic E-state index is -1.46. The van der Waals surface area contributed by atoms with E-state index in [9.17, 15) is 29.1 Å². The van der Waals surface area contributed by atoms with E-state index in [0.717, 1.165) is 32.9 Å². The van der Waals surface area contributed by atoms with Crippen LogP contribution in [-0.2, 0) is 36.8 Å². The van der Waals surface area contributed by atoms with E-state index in [4.69, 9.17) is 10.8 Å². The Labute approximate surface area is 265 Å². The zero-order valence-corrected chi connectivity index (χ0v) is 25.7. The maximum atomic E-state index is 13.9. The second-order valence-corrected chi connectivity index (χ2v) is 11.5. The van der Waals surface area contributed by atoms with Crippen LogP contribution in [0.15, 0.2) is 60.9 Å². The predicted octanol–water partition coefficient (Wildman–Crippen LogP) is 2.21. The van der Waals surface area contributed by atoms with Crippen LogP contribution in [0, 0.1) is 5.92 Å². The number of amides is 3. The normalized spacial score (nSPS) is 14.6. The molecule has 0 aliphatic carbocycles. The average Bonchev–Trinajstić information content (AvgIpc) is 3.64. The van der Waals surface area contributed by atoms with Crippen LogP contribution < -0.4 is 21.7 Å². The number of nitrogens with one attached hydrogen (secondary N) is 5. The number of hydrogen-bond acceptors (Lipinski definition) is 6. The molecule has 5 atom stereocenters. The van der Waals surface area contributed by atoms with Crippen molar-refractivity contribution in [3.63, 3.8) is 0 Å². The van der Waals surface area contributed by atoms with E-state index in [1.165, 1.54) is 0 Å². The fourth-order valence-electron chi connectivity index (χ4n) is 5.38. The molecule has 0 aliphatic rings. The van der Waals surface area contributed by atoms with Gasteiger partial charge in [-0.3, -0.25) is 19.2 Å². The number of rotatable bonds is 16. The number of benzene rings is 2. The SMILES string of the molecule is CCC(C)C(NC(=O)C(Cc1c[nH]c2ccccc12)NC(=O)C(N)Cc1c[nH]c2ccccc12)C(=O)NC(CCC(=O)O)C(=O)O. The van der Waals surface area contributed by atoms with Crippen LogP contribution in [0.4, 0.5) is 0 Å². The van der Waals surface area contributed by atoms with Gasteiger partial charge in [0.2, 0.25) is 17.7 Å². The first-order chi connectivity index (χ1) is 22.0. The molecular formula is C33H40N6O7. The van der Waals surface area contributed by atoms with Gasteiger partial charge in [-0.05, 0) is 42.0 Å². The van der Waals surface area contributed by atoms with E-state index >= 15 is 0 Å². The van der Waals surface area contributed by atoms with Crippen molar-refractivity contribution in [2.75, 3.05) is 0 Å². The lowest BCUT2D eigenvalue weighted by atomic mass is 9.96. The fraction of sp³-hybridized carbons (Fsp3) is 0.364. The van der Waals surface area contributed by atoms with Gasteiger partial charge in [-0.15, -0.1) is 0 Å². The third kappa shape index (κ3) is 8.30. The highest BCUT2D eigenvalue weighted by Gasteiger charge is 2.33. The number of aromatic amines is 2. The topological polar surface area (TPSA) is 219 Å². The van der Waals surface area contributed by atoms with Gasteiger partial charge in [0.05, 0.1) is 6.04 Å². The standard InChI is InChI=1S/C33H40N6O7/c1-3-18(2)29(32(44)37-26(33(45)46)12-13-28(40)41)39-31(43)27(15-20-17-36-25-11-7-5-9-22(20)25)38-30(42)23(34)14-19-16-35-24-10-6-4-8-21(19)24/h4-11,16-18,23,26-27,29,35-36H,3,12-15,34H2,1-2H3,(H,37,44)(H,38,42)(H,39,43)(H,40,41)(H,45,46). The van der Waals surface area contributed by atoms with Crippen LogP contribution >= 0.6 is 0 Å². The van der Waals surface area contributed by atoms with Crippen LogP contribution in [0.5, 0.6) is 0 Å². The molecule has 0 fully saturated rings. The molecule has 244 valence electrons. The van der Waals surface area contributed by atoms with Crippen LogP contribution in [-0.4, -0.2) is 74.0 Å². The summed E-state index contributed by atoms with van der Waals surface area (Å²) in [6.45, 7) is 3.53. The Balaban J connectivity index is 1.55. The number of nitrogens with two attached hydrogens (primary N) is 1. The van der Waals surface area contributed by atoms with Gasteiger partial charge in [0.15, 0.2) is 0 Å². The third-order valence-corrected chi connectivity index (χ3v) is 8.24. The molecule has 2 aromatic heterocycles. The summed E-state index contributed by atoms with van der Waals surface area (Å²) in [5, 5.41) is 28.2. The highest BCUT2D eigenvalue weighted by molar-refractivity contribution is 5.95. The lowest BCUT2D eigenvalue weighted by molar-refractivity contribution is -0.143. The lowest BCUT2D eigenvalue weighted by Crippen LogP contribution is -2.59. The monoisotopic (exact) mass is 632 g/mol. The van der Waals surface area contributed by atoms with Gasteiger partial charge < -0.3 is 41.9 Å². The molecule has 0 spiro atoms. The van der Waals surface area contributed by atoms with Gasteiger partial charge >= 0.3 is 11.9 Å². The largest absolute Gasteiger partial charge is 0.481 e. The Hall–Kier alpha value is -5.17. The smallest absolute Gasteiger partial charge is 0.326 e. The maximum Gasteiger partial charge on any atom is 0.326 e. The van der Waals surface area contributed by atoms with Crippen LogP contribution in [0.2, 0.25) is 0 Å². The molecule has 0 aliphatic heterocycles. The molecule has 2 aromatic carbocycles. The predicted molar refractivity (Wildman–Crippen MR) is 172 cm³/mol. The quantitative estimate of drug-likeness (QED) is 0.0913. The van der Waals surface area contributed by atoms with E-state index in [2.05, 4.69) is 25.9 Å². The summed E-state index contributed by atoms with van der Waals surface area (Å²) in [6, 6.07) is 10.4. The van der Waals surface area contributed by atoms with Crippen LogP contribution in [0.3, 0.4) is 0 Å². The molecule has 46 heavy (non-hydrogen) atoms. The van der Waals surface area contributed by atoms with Gasteiger partial charge in [-0.1, -0.05) is 56.7 Å². The van der Waals surface area contributed by atoms with Gasteiger partial charge in [-0.25, -0.2) is 4.79 Å². The second-order valence-electron chi connectivity index (χ2n) is 11.5. The molecule has 0 saturated heterocycles. The van der Waals surface area contributed by atoms with Crippen LogP contribution in [0.1, 0.15) is 44.2 Å². The highest BCUT2D eigenvalue weighted by Crippen LogP contribution is 2.21. The van der Waals surface area contributed by atoms with Crippen molar-refractivity contribution in [2.24, 2.45) is 11.7 Å². The zero-order valence-electron chi connectivity index (χ0n) is 25.7. The fourth-order valence-corrected chi connectivity index (χ4v) is 5.38. The molecule has 0 saturated carbocycles. The number of carboxylic acids is 2. The molecule has 0 radical (unpaired) electrons. The first-order valence-electron chi connectivity index (χ1n) is 15.2. The third-order valence-electron chi connectivity index (χ3n) is 8.24. The summed E-state index contributed by atoms with van der Waals surface area (Å²) in [7, 11) is 0. The number of carbonyl (C=O) groups is 5. The molecule has 9 N–H and O–H groups in total. The van der Waals surface area contributed by atoms with Crippen molar-refractivity contribution in [3.8, 4) is 0 Å². The molecule has 13 nitrogen and oxygen atoms in total. The van der Waals surface area contributed by atoms with Gasteiger partial charge in [-0.2, -0.15) is 0 Å². The summed E-state index contributed by atoms with van der Waals surface area (Å²) in [5.41, 5.74) is 9.69. The van der Waals surface area contributed by atoms with Crippen molar-refractivity contribution in [1.82, 2.24) is 25.9 Å². The maximum absolute atomic E-state index is 13.9. The highest BCUT2D eigenvalue weighted by atomic mass is 16.4. The van der Waals surface area contributed by atoms with Gasteiger partial charge in [0.1, 0.15) is 18.1 Å². The molecule has 5 unspecified atom stereocenters. The van der Waals surface area contributed by atoms with Crippen molar-refractivity contribution < 1.29 is 34.2 Å². The van der Waals surface area contributed by atoms with Gasteiger partial charge in [0, 0.05) is 47.0 Å². The first-order valence-corrected chi connectivity index (χ1v) is 15.2. The van der Waals surface area contributed by atoms with Crippen molar-refractivity contribution >= 4 is 51.5 Å². The number of para-hydroxylation sites is 2. The number of aliphatic carboxylic acids is 2. The van der Waals surface area contributed by atoms with E-state index < -0.39 is 66.2 Å².